The van der Waals surface area contributed by atoms with E-state index in [1.165, 1.54) is 8.92 Å². The summed E-state index contributed by atoms with van der Waals surface area (Å²) >= 11 is 0.383. The van der Waals surface area contributed by atoms with Gasteiger partial charge in [-0.2, -0.15) is 0 Å². The van der Waals surface area contributed by atoms with Gasteiger partial charge in [0.2, 0.25) is 0 Å². The van der Waals surface area contributed by atoms with E-state index in [0.717, 1.165) is 0 Å². The van der Waals surface area contributed by atoms with Crippen molar-refractivity contribution in [2.24, 2.45) is 0 Å². The molecule has 0 aliphatic heterocycles. The Morgan fingerprint density at radius 3 is 2.13 bits per heavy atom. The molecule has 0 fully saturated rings. The second-order valence-electron chi connectivity index (χ2n) is 2.99. The topological polar surface area (TPSA) is 13.1 Å². The predicted molar refractivity (Wildman–Crippen MR) is 60.6 cm³/mol. The third-order valence-electron chi connectivity index (χ3n) is 1.96. The van der Waals surface area contributed by atoms with E-state index < -0.39 is 0 Å². The molecule has 0 N–H and O–H groups in total. The molecule has 0 amide bonds. The van der Waals surface area contributed by atoms with Crippen LogP contribution in [0.1, 0.15) is 0 Å². The van der Waals surface area contributed by atoms with Crippen molar-refractivity contribution in [2.45, 2.75) is 0 Å². The molecule has 0 saturated heterocycles. The molecular formula is C12H12NOSe+. The van der Waals surface area contributed by atoms with Crippen molar-refractivity contribution in [3.8, 4) is 0 Å². The Bertz CT molecular complexity index is 413. The van der Waals surface area contributed by atoms with E-state index >= 15 is 0 Å². The van der Waals surface area contributed by atoms with Crippen LogP contribution in [0.3, 0.4) is 0 Å². The molecule has 0 aliphatic rings. The summed E-state index contributed by atoms with van der Waals surface area (Å²) in [5.74, 6) is 0. The van der Waals surface area contributed by atoms with Crippen molar-refractivity contribution < 1.29 is 9.57 Å². The number of nitrogens with zero attached hydrogens (tertiary/aromatic N) is 1. The van der Waals surface area contributed by atoms with Gasteiger partial charge < -0.3 is 0 Å². The summed E-state index contributed by atoms with van der Waals surface area (Å²) in [4.78, 5) is 5.04. The summed E-state index contributed by atoms with van der Waals surface area (Å²) < 4.78 is 4.42. The zero-order chi connectivity index (χ0) is 10.5. The van der Waals surface area contributed by atoms with Gasteiger partial charge in [-0.25, -0.2) is 0 Å². The van der Waals surface area contributed by atoms with Gasteiger partial charge in [0.25, 0.3) is 0 Å². The second kappa shape index (κ2) is 4.96. The molecule has 15 heavy (non-hydrogen) atoms. The molecule has 76 valence electrons. The number of pyridine rings is 1. The molecule has 1 heterocycles. The number of hydrogen-bond donors (Lipinski definition) is 0. The van der Waals surface area contributed by atoms with Crippen LogP contribution < -0.4 is 18.5 Å². The Morgan fingerprint density at radius 1 is 0.933 bits per heavy atom. The number of rotatable bonds is 3. The molecule has 2 aromatic rings. The zero-order valence-electron chi connectivity index (χ0n) is 8.46. The van der Waals surface area contributed by atoms with Gasteiger partial charge in [-0.15, -0.1) is 0 Å². The van der Waals surface area contributed by atoms with Gasteiger partial charge in [-0.3, -0.25) is 0 Å². The van der Waals surface area contributed by atoms with Crippen LogP contribution in [0.2, 0.25) is 0 Å². The van der Waals surface area contributed by atoms with Crippen molar-refractivity contribution in [3.05, 3.63) is 54.9 Å². The van der Waals surface area contributed by atoms with Crippen molar-refractivity contribution in [3.63, 3.8) is 0 Å². The first kappa shape index (κ1) is 10.2. The second-order valence-corrected chi connectivity index (χ2v) is 5.40. The molecule has 1 aromatic carbocycles. The van der Waals surface area contributed by atoms with E-state index in [2.05, 4.69) is 36.4 Å². The molecule has 0 radical (unpaired) electrons. The Morgan fingerprint density at radius 2 is 1.53 bits per heavy atom. The summed E-state index contributed by atoms with van der Waals surface area (Å²) in [6.07, 6.45) is 3.86. The van der Waals surface area contributed by atoms with Gasteiger partial charge in [-0.1, -0.05) is 0 Å². The van der Waals surface area contributed by atoms with E-state index in [0.29, 0.717) is 15.0 Å². The van der Waals surface area contributed by atoms with Crippen LogP contribution in [0.25, 0.3) is 0 Å². The minimum absolute atomic E-state index is 0.383. The normalized spacial score (nSPS) is 9.93. The van der Waals surface area contributed by atoms with Crippen LogP contribution >= 0.6 is 0 Å². The standard InChI is InChI=1S/C12H12NOSe/c1-14-13-9-7-12(8-10-13)15-11-5-3-2-4-6-11/h2-10H,1H3/q+1. The van der Waals surface area contributed by atoms with Gasteiger partial charge in [0, 0.05) is 0 Å². The van der Waals surface area contributed by atoms with Crippen molar-refractivity contribution in [2.75, 3.05) is 7.11 Å². The third kappa shape index (κ3) is 2.82. The van der Waals surface area contributed by atoms with Gasteiger partial charge in [0.1, 0.15) is 0 Å². The molecule has 1 aromatic heterocycles. The van der Waals surface area contributed by atoms with Crippen LogP contribution in [0.5, 0.6) is 0 Å². The van der Waals surface area contributed by atoms with Gasteiger partial charge in [-0.05, 0) is 0 Å². The van der Waals surface area contributed by atoms with Crippen molar-refractivity contribution in [1.29, 1.82) is 0 Å². The number of hydrogen-bond acceptors (Lipinski definition) is 1. The summed E-state index contributed by atoms with van der Waals surface area (Å²) in [6.45, 7) is 0. The molecule has 3 heteroatoms. The molecular weight excluding hydrogens is 253 g/mol. The van der Waals surface area contributed by atoms with Gasteiger partial charge >= 0.3 is 95.4 Å². The van der Waals surface area contributed by atoms with E-state index in [1.807, 2.05) is 18.5 Å². The molecule has 2 rings (SSSR count). The molecule has 2 nitrogen and oxygen atoms in total. The average Bonchev–Trinajstić information content (AvgIpc) is 2.31. The molecule has 0 atom stereocenters. The maximum absolute atomic E-state index is 5.04. The summed E-state index contributed by atoms with van der Waals surface area (Å²) in [6, 6.07) is 14.7. The molecule has 0 bridgehead atoms. The van der Waals surface area contributed by atoms with Crippen molar-refractivity contribution in [1.82, 2.24) is 0 Å². The molecule has 0 saturated carbocycles. The predicted octanol–water partition coefficient (Wildman–Crippen LogP) is -0.312. The Hall–Kier alpha value is -1.31. The Kier molecular flexibility index (Phi) is 3.38. The monoisotopic (exact) mass is 266 g/mol. The zero-order valence-corrected chi connectivity index (χ0v) is 10.2. The van der Waals surface area contributed by atoms with Gasteiger partial charge in [0.15, 0.2) is 0 Å². The van der Waals surface area contributed by atoms with E-state index in [-0.39, 0.29) is 0 Å². The van der Waals surface area contributed by atoms with Crippen LogP contribution in [-0.4, -0.2) is 22.1 Å². The van der Waals surface area contributed by atoms with Crippen LogP contribution in [-0.2, 0) is 0 Å². The Balaban J connectivity index is 2.11. The first-order valence-electron chi connectivity index (χ1n) is 4.67. The minimum atomic E-state index is 0.383. The number of benzene rings is 1. The SMILES string of the molecule is CO[n+]1ccc([Se]c2ccccc2)cc1. The fraction of sp³-hybridized carbons (Fsp3) is 0.0833. The molecule has 0 spiro atoms. The van der Waals surface area contributed by atoms with E-state index in [4.69, 9.17) is 4.84 Å². The summed E-state index contributed by atoms with van der Waals surface area (Å²) in [5, 5.41) is 0. The van der Waals surface area contributed by atoms with Crippen LogP contribution in [0.4, 0.5) is 0 Å². The Labute approximate surface area is 95.6 Å². The van der Waals surface area contributed by atoms with E-state index in [9.17, 15) is 0 Å². The molecule has 0 unspecified atom stereocenters. The third-order valence-corrected chi connectivity index (χ3v) is 4.09. The summed E-state index contributed by atoms with van der Waals surface area (Å²) in [7, 11) is 1.65. The first-order chi connectivity index (χ1) is 7.38. The van der Waals surface area contributed by atoms with Gasteiger partial charge in [0.05, 0.1) is 0 Å². The van der Waals surface area contributed by atoms with E-state index in [1.54, 1.807) is 11.8 Å². The fourth-order valence-electron chi connectivity index (χ4n) is 1.21. The molecule has 0 aliphatic carbocycles. The van der Waals surface area contributed by atoms with Crippen LogP contribution in [0, 0.1) is 0 Å². The van der Waals surface area contributed by atoms with Crippen LogP contribution in [0.15, 0.2) is 54.9 Å². The number of aromatic nitrogens is 1. The average molecular weight is 265 g/mol. The summed E-state index contributed by atoms with van der Waals surface area (Å²) in [5.41, 5.74) is 0. The first-order valence-corrected chi connectivity index (χ1v) is 6.38. The van der Waals surface area contributed by atoms with Crippen molar-refractivity contribution >= 4 is 23.9 Å². The maximum atomic E-state index is 5.04. The quantitative estimate of drug-likeness (QED) is 0.548. The fourth-order valence-corrected chi connectivity index (χ4v) is 2.94.